The van der Waals surface area contributed by atoms with Crippen molar-refractivity contribution in [2.24, 2.45) is 0 Å². The molecule has 1 spiro atoms. The molecule has 0 radical (unpaired) electrons. The zero-order valence-electron chi connectivity index (χ0n) is 21.4. The summed E-state index contributed by atoms with van der Waals surface area (Å²) in [6.45, 7) is 0.760. The summed E-state index contributed by atoms with van der Waals surface area (Å²) in [5.74, 6) is 1.05. The topological polar surface area (TPSA) is 48.5 Å². The van der Waals surface area contributed by atoms with Crippen LogP contribution < -0.4 is 19.4 Å². The molecular weight excluding hydrogens is 440 g/mol. The van der Waals surface area contributed by atoms with Gasteiger partial charge in [0.25, 0.3) is 0 Å². The summed E-state index contributed by atoms with van der Waals surface area (Å²) in [5, 5.41) is 0. The number of anilines is 3. The standard InChI is InChI=1S/C28H32N4O3/c1-29(2)17-32(7)20-10-13-24-26(16-20)34-25-15-19(31(5)6)9-12-23(25)28(24)22-11-8-18(30(3)4)14-21(22)27(33)35-28/h8-16H,17H2,1-7H3. The highest BCUT2D eigenvalue weighted by atomic mass is 16.6. The molecule has 0 amide bonds. The summed E-state index contributed by atoms with van der Waals surface area (Å²) in [4.78, 5) is 21.6. The molecule has 3 aromatic carbocycles. The lowest BCUT2D eigenvalue weighted by Crippen LogP contribution is -2.34. The van der Waals surface area contributed by atoms with Gasteiger partial charge in [-0.3, -0.25) is 4.90 Å². The van der Waals surface area contributed by atoms with Gasteiger partial charge in [0.2, 0.25) is 0 Å². The van der Waals surface area contributed by atoms with E-state index in [0.717, 1.165) is 40.4 Å². The maximum atomic E-state index is 13.3. The Kier molecular flexibility index (Phi) is 5.40. The molecule has 0 saturated carbocycles. The highest BCUT2D eigenvalue weighted by Gasteiger charge is 2.53. The zero-order valence-corrected chi connectivity index (χ0v) is 21.4. The molecule has 0 N–H and O–H groups in total. The number of rotatable bonds is 5. The highest BCUT2D eigenvalue weighted by molar-refractivity contribution is 5.98. The molecule has 0 aliphatic carbocycles. The van der Waals surface area contributed by atoms with Crippen LogP contribution in [0.3, 0.4) is 0 Å². The number of carbonyl (C=O) groups excluding carboxylic acids is 1. The lowest BCUT2D eigenvalue weighted by Gasteiger charge is -2.37. The van der Waals surface area contributed by atoms with Crippen LogP contribution in [0.15, 0.2) is 54.6 Å². The van der Waals surface area contributed by atoms with Gasteiger partial charge >= 0.3 is 5.97 Å². The molecule has 2 aliphatic rings. The summed E-state index contributed by atoms with van der Waals surface area (Å²) in [5.41, 5.74) is 5.00. The maximum absolute atomic E-state index is 13.3. The van der Waals surface area contributed by atoms with Crippen molar-refractivity contribution in [3.05, 3.63) is 76.9 Å². The van der Waals surface area contributed by atoms with Crippen LogP contribution in [0.25, 0.3) is 0 Å². The number of carbonyl (C=O) groups is 1. The molecule has 182 valence electrons. The van der Waals surface area contributed by atoms with Gasteiger partial charge < -0.3 is 24.2 Å². The second kappa shape index (κ2) is 8.20. The lowest BCUT2D eigenvalue weighted by molar-refractivity contribution is 0.0224. The van der Waals surface area contributed by atoms with Crippen molar-refractivity contribution in [2.75, 3.05) is 70.7 Å². The van der Waals surface area contributed by atoms with Crippen molar-refractivity contribution in [2.45, 2.75) is 5.60 Å². The van der Waals surface area contributed by atoms with Gasteiger partial charge in [0.15, 0.2) is 5.60 Å². The van der Waals surface area contributed by atoms with Crippen LogP contribution in [-0.2, 0) is 10.3 Å². The molecule has 7 nitrogen and oxygen atoms in total. The second-order valence-corrected chi connectivity index (χ2v) is 9.97. The quantitative estimate of drug-likeness (QED) is 0.404. The summed E-state index contributed by atoms with van der Waals surface area (Å²) in [6.07, 6.45) is 0. The van der Waals surface area contributed by atoms with E-state index >= 15 is 0 Å². The molecule has 1 unspecified atom stereocenters. The third-order valence-corrected chi connectivity index (χ3v) is 6.73. The monoisotopic (exact) mass is 472 g/mol. The predicted octanol–water partition coefficient (Wildman–Crippen LogP) is 4.34. The van der Waals surface area contributed by atoms with Crippen molar-refractivity contribution < 1.29 is 14.3 Å². The molecular formula is C28H32N4O3. The zero-order chi connectivity index (χ0) is 25.1. The van der Waals surface area contributed by atoms with Gasteiger partial charge in [0.1, 0.15) is 11.5 Å². The minimum atomic E-state index is -1.07. The fourth-order valence-electron chi connectivity index (χ4n) is 4.99. The molecule has 5 rings (SSSR count). The van der Waals surface area contributed by atoms with Crippen LogP contribution in [0.1, 0.15) is 27.0 Å². The first-order chi connectivity index (χ1) is 16.6. The minimum absolute atomic E-state index is 0.326. The van der Waals surface area contributed by atoms with Crippen LogP contribution in [0.4, 0.5) is 17.1 Å². The summed E-state index contributed by atoms with van der Waals surface area (Å²) < 4.78 is 12.8. The van der Waals surface area contributed by atoms with E-state index in [-0.39, 0.29) is 5.97 Å². The molecule has 2 aliphatic heterocycles. The van der Waals surface area contributed by atoms with E-state index in [9.17, 15) is 4.79 Å². The van der Waals surface area contributed by atoms with E-state index in [1.807, 2.05) is 108 Å². The summed E-state index contributed by atoms with van der Waals surface area (Å²) in [6, 6.07) is 18.1. The molecule has 0 aromatic heterocycles. The Balaban J connectivity index is 1.75. The molecule has 3 aromatic rings. The fourth-order valence-corrected chi connectivity index (χ4v) is 4.99. The largest absolute Gasteiger partial charge is 0.456 e. The number of benzene rings is 3. The molecule has 0 bridgehead atoms. The first kappa shape index (κ1) is 23.1. The lowest BCUT2D eigenvalue weighted by atomic mass is 9.77. The average molecular weight is 473 g/mol. The van der Waals surface area contributed by atoms with Gasteiger partial charge in [-0.25, -0.2) is 4.79 Å². The number of esters is 1. The van der Waals surface area contributed by atoms with E-state index < -0.39 is 5.60 Å². The normalized spacial score (nSPS) is 17.4. The first-order valence-corrected chi connectivity index (χ1v) is 11.7. The Hall–Kier alpha value is -3.71. The molecule has 35 heavy (non-hydrogen) atoms. The predicted molar refractivity (Wildman–Crippen MR) is 140 cm³/mol. The Bertz CT molecular complexity index is 1320. The van der Waals surface area contributed by atoms with E-state index in [4.69, 9.17) is 9.47 Å². The molecule has 7 heteroatoms. The van der Waals surface area contributed by atoms with E-state index in [2.05, 4.69) is 15.9 Å². The Morgan fingerprint density at radius 1 is 0.686 bits per heavy atom. The number of ether oxygens (including phenoxy) is 2. The Morgan fingerprint density at radius 3 is 1.77 bits per heavy atom. The van der Waals surface area contributed by atoms with Crippen molar-refractivity contribution in [3.63, 3.8) is 0 Å². The fraction of sp³-hybridized carbons (Fsp3) is 0.321. The van der Waals surface area contributed by atoms with E-state index in [1.54, 1.807) is 0 Å². The number of nitrogens with zero attached hydrogens (tertiary/aromatic N) is 4. The third kappa shape index (κ3) is 3.58. The van der Waals surface area contributed by atoms with Crippen molar-refractivity contribution in [1.82, 2.24) is 4.90 Å². The first-order valence-electron chi connectivity index (χ1n) is 11.7. The van der Waals surface area contributed by atoms with Crippen LogP contribution in [0.2, 0.25) is 0 Å². The molecule has 0 saturated heterocycles. The van der Waals surface area contributed by atoms with E-state index in [0.29, 0.717) is 17.1 Å². The van der Waals surface area contributed by atoms with Crippen LogP contribution in [0, 0.1) is 0 Å². The Morgan fingerprint density at radius 2 is 1.20 bits per heavy atom. The maximum Gasteiger partial charge on any atom is 0.340 e. The van der Waals surface area contributed by atoms with E-state index in [1.165, 1.54) is 0 Å². The summed E-state index contributed by atoms with van der Waals surface area (Å²) in [7, 11) is 14.0. The van der Waals surface area contributed by atoms with Gasteiger partial charge in [-0.05, 0) is 50.5 Å². The van der Waals surface area contributed by atoms with Gasteiger partial charge in [0.05, 0.1) is 12.2 Å². The molecule has 0 fully saturated rings. The second-order valence-electron chi connectivity index (χ2n) is 9.97. The molecule has 2 heterocycles. The number of hydrogen-bond donors (Lipinski definition) is 0. The number of fused-ring (bicyclic) bond motifs is 6. The van der Waals surface area contributed by atoms with Gasteiger partial charge in [-0.1, -0.05) is 6.07 Å². The van der Waals surface area contributed by atoms with Gasteiger partial charge in [-0.2, -0.15) is 0 Å². The van der Waals surface area contributed by atoms with Gasteiger partial charge in [0, 0.05) is 81.1 Å². The minimum Gasteiger partial charge on any atom is -0.456 e. The van der Waals surface area contributed by atoms with Crippen LogP contribution in [-0.4, -0.2) is 66.9 Å². The van der Waals surface area contributed by atoms with Crippen molar-refractivity contribution >= 4 is 23.0 Å². The molecule has 1 atom stereocenters. The van der Waals surface area contributed by atoms with Gasteiger partial charge in [-0.15, -0.1) is 0 Å². The average Bonchev–Trinajstić information content (AvgIpc) is 3.10. The highest BCUT2D eigenvalue weighted by Crippen LogP contribution is 2.57. The Labute approximate surface area is 207 Å². The van der Waals surface area contributed by atoms with Crippen LogP contribution >= 0.6 is 0 Å². The van der Waals surface area contributed by atoms with Crippen molar-refractivity contribution in [3.8, 4) is 11.5 Å². The number of hydrogen-bond acceptors (Lipinski definition) is 7. The summed E-state index contributed by atoms with van der Waals surface area (Å²) >= 11 is 0. The SMILES string of the molecule is CN(C)CN(C)c1ccc2c(c1)Oc1cc(N(C)C)ccc1C21OC(=O)c2cc(N(C)C)ccc21. The smallest absolute Gasteiger partial charge is 0.340 e. The van der Waals surface area contributed by atoms with Crippen molar-refractivity contribution in [1.29, 1.82) is 0 Å². The third-order valence-electron chi connectivity index (χ3n) is 6.73. The van der Waals surface area contributed by atoms with Crippen LogP contribution in [0.5, 0.6) is 11.5 Å².